The zero-order chi connectivity index (χ0) is 29.9. The van der Waals surface area contributed by atoms with Gasteiger partial charge < -0.3 is 20.4 Å². The van der Waals surface area contributed by atoms with E-state index in [2.05, 4.69) is 28.8 Å². The Kier molecular flexibility index (Phi) is 8.70. The van der Waals surface area contributed by atoms with Crippen molar-refractivity contribution >= 4 is 40.3 Å². The van der Waals surface area contributed by atoms with Crippen LogP contribution in [-0.2, 0) is 4.74 Å². The van der Waals surface area contributed by atoms with Gasteiger partial charge in [-0.05, 0) is 108 Å². The molecule has 0 aromatic heterocycles. The third-order valence-electron chi connectivity index (χ3n) is 8.56. The summed E-state index contributed by atoms with van der Waals surface area (Å²) < 4.78 is 27.0. The van der Waals surface area contributed by atoms with Gasteiger partial charge in [0.15, 0.2) is 12.1 Å². The molecule has 1 saturated carbocycles. The number of halogens is 2. The molecule has 3 aliphatic rings. The Hall–Kier alpha value is -3.85. The van der Waals surface area contributed by atoms with Crippen molar-refractivity contribution in [2.75, 3.05) is 18.7 Å². The monoisotopic (exact) mass is 602 g/mol. The van der Waals surface area contributed by atoms with E-state index in [1.54, 1.807) is 19.3 Å². The standard InChI is InChI=1S/C34H36ClFN4O3/c1-42-25-14-15-26(28(35)20-25)33(22-5-4-6-22)32(23-11-8-21(9-12-23)10-17-30(37)39-41)24-13-16-29-27(19-24)34(36)38-40(29)31-7-2-3-18-43-31/h8-17,19-20,22,31,34,38,41H,2-7,18H2,1H3,(H2,37,39)/b17-10+,33-32+. The second-order valence-corrected chi connectivity index (χ2v) is 11.6. The van der Waals surface area contributed by atoms with E-state index in [9.17, 15) is 0 Å². The fourth-order valence-electron chi connectivity index (χ4n) is 6.11. The molecule has 224 valence electrons. The van der Waals surface area contributed by atoms with Crippen LogP contribution in [-0.4, -0.2) is 31.0 Å². The highest BCUT2D eigenvalue weighted by atomic mass is 35.5. The minimum atomic E-state index is -1.34. The molecule has 43 heavy (non-hydrogen) atoms. The zero-order valence-corrected chi connectivity index (χ0v) is 24.9. The fourth-order valence-corrected chi connectivity index (χ4v) is 6.38. The van der Waals surface area contributed by atoms with Gasteiger partial charge in [0, 0.05) is 12.2 Å². The first-order valence-corrected chi connectivity index (χ1v) is 15.1. The summed E-state index contributed by atoms with van der Waals surface area (Å²) in [4.78, 5) is 0. The first kappa shape index (κ1) is 29.2. The molecule has 0 spiro atoms. The number of nitrogens with two attached hydrogens (primary N) is 1. The van der Waals surface area contributed by atoms with Crippen LogP contribution in [0.15, 0.2) is 71.9 Å². The number of ether oxygens (including phenoxy) is 2. The summed E-state index contributed by atoms with van der Waals surface area (Å²) in [6.07, 6.45) is 7.96. The summed E-state index contributed by atoms with van der Waals surface area (Å²) in [5.41, 5.74) is 15.9. The number of benzene rings is 3. The molecule has 0 amide bonds. The van der Waals surface area contributed by atoms with Crippen molar-refractivity contribution < 1.29 is 19.1 Å². The highest BCUT2D eigenvalue weighted by Crippen LogP contribution is 2.48. The summed E-state index contributed by atoms with van der Waals surface area (Å²) in [6, 6.07) is 19.9. The molecule has 7 nitrogen and oxygen atoms in total. The number of anilines is 1. The number of rotatable bonds is 8. The number of amidine groups is 1. The van der Waals surface area contributed by atoms with Crippen LogP contribution in [0, 0.1) is 5.92 Å². The number of hydrogen-bond donors (Lipinski definition) is 3. The molecule has 9 heteroatoms. The lowest BCUT2D eigenvalue weighted by molar-refractivity contribution is 0.00520. The third-order valence-corrected chi connectivity index (χ3v) is 8.87. The number of hydrogen-bond acceptors (Lipinski definition) is 6. The van der Waals surface area contributed by atoms with Crippen molar-refractivity contribution in [2.45, 2.75) is 51.0 Å². The molecule has 1 saturated heterocycles. The van der Waals surface area contributed by atoms with E-state index in [0.29, 0.717) is 28.9 Å². The number of hydrazine groups is 1. The van der Waals surface area contributed by atoms with E-state index in [-0.39, 0.29) is 12.1 Å². The topological polar surface area (TPSA) is 92.3 Å². The van der Waals surface area contributed by atoms with E-state index in [0.717, 1.165) is 77.6 Å². The maximum absolute atomic E-state index is 15.6. The Morgan fingerprint density at radius 2 is 1.86 bits per heavy atom. The van der Waals surface area contributed by atoms with Gasteiger partial charge in [-0.15, -0.1) is 0 Å². The summed E-state index contributed by atoms with van der Waals surface area (Å²) in [5, 5.41) is 14.3. The molecule has 2 atom stereocenters. The summed E-state index contributed by atoms with van der Waals surface area (Å²) in [5.74, 6) is 1.02. The van der Waals surface area contributed by atoms with Crippen molar-refractivity contribution in [1.82, 2.24) is 5.43 Å². The molecule has 6 rings (SSSR count). The quantitative estimate of drug-likeness (QED) is 0.0611. The first-order chi connectivity index (χ1) is 21.0. The summed E-state index contributed by atoms with van der Waals surface area (Å²) in [7, 11) is 1.63. The number of methoxy groups -OCH3 is 1. The van der Waals surface area contributed by atoms with E-state index >= 15 is 4.39 Å². The average molecular weight is 603 g/mol. The van der Waals surface area contributed by atoms with E-state index in [4.69, 9.17) is 32.0 Å². The van der Waals surface area contributed by atoms with Gasteiger partial charge in [0.2, 0.25) is 0 Å². The second kappa shape index (κ2) is 12.8. The number of nitrogens with zero attached hydrogens (tertiary/aromatic N) is 2. The Labute approximate surface area is 256 Å². The van der Waals surface area contributed by atoms with Gasteiger partial charge in [-0.2, -0.15) is 5.43 Å². The molecule has 2 unspecified atom stereocenters. The van der Waals surface area contributed by atoms with Gasteiger partial charge in [-0.1, -0.05) is 59.6 Å². The molecular formula is C34H36ClFN4O3. The van der Waals surface area contributed by atoms with Crippen LogP contribution in [0.5, 0.6) is 5.75 Å². The Morgan fingerprint density at radius 3 is 2.51 bits per heavy atom. The molecule has 3 aromatic rings. The van der Waals surface area contributed by atoms with E-state index in [1.807, 2.05) is 47.5 Å². The lowest BCUT2D eigenvalue weighted by atomic mass is 9.73. The molecule has 1 aliphatic carbocycles. The summed E-state index contributed by atoms with van der Waals surface area (Å²) >= 11 is 6.92. The third kappa shape index (κ3) is 6.00. The normalized spacial score (nSPS) is 21.5. The first-order valence-electron chi connectivity index (χ1n) is 14.8. The zero-order valence-electron chi connectivity index (χ0n) is 24.1. The van der Waals surface area contributed by atoms with Gasteiger partial charge in [0.25, 0.3) is 0 Å². The highest BCUT2D eigenvalue weighted by molar-refractivity contribution is 6.33. The molecule has 4 N–H and O–H groups in total. The molecule has 0 radical (unpaired) electrons. The van der Waals surface area contributed by atoms with Crippen LogP contribution < -0.4 is 20.9 Å². The lowest BCUT2D eigenvalue weighted by Crippen LogP contribution is -2.45. The maximum atomic E-state index is 15.6. The van der Waals surface area contributed by atoms with E-state index in [1.165, 1.54) is 0 Å². The lowest BCUT2D eigenvalue weighted by Gasteiger charge is -2.33. The number of alkyl halides is 1. The van der Waals surface area contributed by atoms with Gasteiger partial charge in [-0.3, -0.25) is 5.01 Å². The highest BCUT2D eigenvalue weighted by Gasteiger charge is 2.35. The number of nitrogens with one attached hydrogen (secondary N) is 1. The van der Waals surface area contributed by atoms with Crippen LogP contribution in [0.3, 0.4) is 0 Å². The maximum Gasteiger partial charge on any atom is 0.195 e. The van der Waals surface area contributed by atoms with Crippen molar-refractivity contribution in [3.8, 4) is 5.75 Å². The molecular weight excluding hydrogens is 567 g/mol. The smallest absolute Gasteiger partial charge is 0.195 e. The van der Waals surface area contributed by atoms with Crippen LogP contribution >= 0.6 is 11.6 Å². The minimum Gasteiger partial charge on any atom is -0.497 e. The summed E-state index contributed by atoms with van der Waals surface area (Å²) in [6.45, 7) is 0.679. The van der Waals surface area contributed by atoms with Crippen molar-refractivity contribution in [1.29, 1.82) is 0 Å². The average Bonchev–Trinajstić information content (AvgIpc) is 3.35. The number of fused-ring (bicyclic) bond motifs is 1. The largest absolute Gasteiger partial charge is 0.497 e. The van der Waals surface area contributed by atoms with Crippen LogP contribution in [0.4, 0.5) is 10.1 Å². The predicted octanol–water partition coefficient (Wildman–Crippen LogP) is 7.69. The molecule has 2 aliphatic heterocycles. The van der Waals surface area contributed by atoms with E-state index < -0.39 is 6.30 Å². The van der Waals surface area contributed by atoms with Crippen molar-refractivity contribution in [3.63, 3.8) is 0 Å². The Bertz CT molecular complexity index is 1560. The van der Waals surface area contributed by atoms with Gasteiger partial charge >= 0.3 is 0 Å². The predicted molar refractivity (Wildman–Crippen MR) is 170 cm³/mol. The van der Waals surface area contributed by atoms with Crippen molar-refractivity contribution in [3.05, 3.63) is 99.6 Å². The Balaban J connectivity index is 1.50. The second-order valence-electron chi connectivity index (χ2n) is 11.2. The van der Waals surface area contributed by atoms with Crippen LogP contribution in [0.1, 0.15) is 72.6 Å². The molecule has 2 heterocycles. The Morgan fingerprint density at radius 1 is 1.07 bits per heavy atom. The fraction of sp³-hybridized carbons (Fsp3) is 0.324. The number of oxime groups is 1. The molecule has 3 aromatic carbocycles. The van der Waals surface area contributed by atoms with Crippen LogP contribution in [0.2, 0.25) is 5.02 Å². The van der Waals surface area contributed by atoms with Gasteiger partial charge in [0.05, 0.1) is 17.8 Å². The van der Waals surface area contributed by atoms with Crippen molar-refractivity contribution in [2.24, 2.45) is 16.8 Å². The molecule has 2 fully saturated rings. The number of allylic oxidation sites excluding steroid dienone is 1. The van der Waals surface area contributed by atoms with Gasteiger partial charge in [0.1, 0.15) is 12.0 Å². The SMILES string of the molecule is COc1ccc(/C(=C(\c2ccc(/C=C/C(N)=N/O)cc2)c2ccc3c(c2)C(F)NN3C2CCCCO2)C2CCC2)c(Cl)c1. The van der Waals surface area contributed by atoms with Gasteiger partial charge in [-0.25, -0.2) is 4.39 Å². The van der Waals surface area contributed by atoms with Crippen LogP contribution in [0.25, 0.3) is 17.2 Å². The minimum absolute atomic E-state index is 0.0197. The molecule has 0 bridgehead atoms.